The number of anilines is 2. The molecule has 0 amide bonds. The molecular weight excluding hydrogens is 512 g/mol. The van der Waals surface area contributed by atoms with Crippen molar-refractivity contribution in [3.05, 3.63) is 72.3 Å². The molecule has 1 aliphatic heterocycles. The first-order chi connectivity index (χ1) is 19.2. The number of morpholine rings is 1. The van der Waals surface area contributed by atoms with Gasteiger partial charge >= 0.3 is 0 Å². The highest BCUT2D eigenvalue weighted by molar-refractivity contribution is 5.83. The van der Waals surface area contributed by atoms with E-state index in [0.29, 0.717) is 29.3 Å². The summed E-state index contributed by atoms with van der Waals surface area (Å²) in [6, 6.07) is 6.87. The lowest BCUT2D eigenvalue weighted by Gasteiger charge is -2.42. The highest BCUT2D eigenvalue weighted by atomic mass is 19.1. The topological polar surface area (TPSA) is 81.0 Å². The largest absolute Gasteiger partial charge is 0.372 e. The van der Waals surface area contributed by atoms with Crippen molar-refractivity contribution in [2.24, 2.45) is 0 Å². The van der Waals surface area contributed by atoms with Gasteiger partial charge in [-0.15, -0.1) is 6.58 Å². The van der Waals surface area contributed by atoms with Gasteiger partial charge in [0.15, 0.2) is 11.6 Å². The first-order valence-corrected chi connectivity index (χ1v) is 13.6. The highest BCUT2D eigenvalue weighted by Crippen LogP contribution is 2.31. The fourth-order valence-electron chi connectivity index (χ4n) is 5.46. The van der Waals surface area contributed by atoms with E-state index in [0.717, 1.165) is 44.2 Å². The number of aryl methyl sites for hydroxylation is 1. The molecule has 10 heteroatoms. The summed E-state index contributed by atoms with van der Waals surface area (Å²) < 4.78 is 37.9. The number of ether oxygens (including phenoxy) is 1. The average Bonchev–Trinajstić information content (AvgIpc) is 3.28. The second-order valence-electron chi connectivity index (χ2n) is 10.6. The molecule has 0 spiro atoms. The van der Waals surface area contributed by atoms with E-state index in [2.05, 4.69) is 43.7 Å². The fraction of sp³-hybridized carbons (Fsp3) is 0.400. The molecule has 4 aromatic rings. The summed E-state index contributed by atoms with van der Waals surface area (Å²) in [6.07, 6.45) is 6.56. The Morgan fingerprint density at radius 3 is 2.67 bits per heavy atom. The zero-order valence-electron chi connectivity index (χ0n) is 23.4. The van der Waals surface area contributed by atoms with Crippen LogP contribution in [0, 0.1) is 18.6 Å². The highest BCUT2D eigenvalue weighted by Gasteiger charge is 2.33. The van der Waals surface area contributed by atoms with Crippen LogP contribution in [0.1, 0.15) is 51.0 Å². The van der Waals surface area contributed by atoms with Gasteiger partial charge in [0.1, 0.15) is 22.9 Å². The van der Waals surface area contributed by atoms with E-state index in [-0.39, 0.29) is 28.8 Å². The molecule has 0 saturated carbocycles. The monoisotopic (exact) mass is 547 g/mol. The number of nitrogens with zero attached hydrogens (tertiary/aromatic N) is 6. The van der Waals surface area contributed by atoms with E-state index >= 15 is 0 Å². The van der Waals surface area contributed by atoms with E-state index in [9.17, 15) is 8.78 Å². The minimum atomic E-state index is -0.648. The van der Waals surface area contributed by atoms with Crippen LogP contribution in [0.25, 0.3) is 22.3 Å². The number of nitrogens with one attached hydrogen (secondary N) is 1. The Balaban J connectivity index is 1.34. The molecule has 0 radical (unpaired) electrons. The first-order valence-electron chi connectivity index (χ1n) is 13.6. The molecule has 3 aromatic heterocycles. The van der Waals surface area contributed by atoms with Crippen molar-refractivity contribution in [3.8, 4) is 11.3 Å². The molecule has 210 valence electrons. The molecule has 40 heavy (non-hydrogen) atoms. The summed E-state index contributed by atoms with van der Waals surface area (Å²) >= 11 is 0. The smallest absolute Gasteiger partial charge is 0.229 e. The Labute approximate surface area is 233 Å². The van der Waals surface area contributed by atoms with Crippen LogP contribution in [0.15, 0.2) is 49.3 Å². The molecular formula is C30H35F2N7O. The maximum atomic E-state index is 15.0. The van der Waals surface area contributed by atoms with Crippen molar-refractivity contribution in [2.75, 3.05) is 25.0 Å². The lowest BCUT2D eigenvalue weighted by molar-refractivity contribution is -0.111. The number of hydrogen-bond donors (Lipinski definition) is 1. The van der Waals surface area contributed by atoms with Crippen LogP contribution >= 0.6 is 0 Å². The lowest BCUT2D eigenvalue weighted by Crippen LogP contribution is -2.50. The third-order valence-corrected chi connectivity index (χ3v) is 7.42. The molecule has 1 atom stereocenters. The minimum absolute atomic E-state index is 0.00433. The Kier molecular flexibility index (Phi) is 7.91. The lowest BCUT2D eigenvalue weighted by atomic mass is 9.94. The predicted molar refractivity (Wildman–Crippen MR) is 152 cm³/mol. The van der Waals surface area contributed by atoms with E-state index in [1.165, 1.54) is 6.07 Å². The van der Waals surface area contributed by atoms with Crippen molar-refractivity contribution in [3.63, 3.8) is 0 Å². The number of aromatic nitrogens is 5. The number of benzene rings is 1. The van der Waals surface area contributed by atoms with Gasteiger partial charge < -0.3 is 14.6 Å². The van der Waals surface area contributed by atoms with Gasteiger partial charge in [0.25, 0.3) is 0 Å². The van der Waals surface area contributed by atoms with Crippen LogP contribution < -0.4 is 5.32 Å². The number of halogens is 2. The van der Waals surface area contributed by atoms with Gasteiger partial charge in [0.05, 0.1) is 23.9 Å². The second kappa shape index (κ2) is 11.4. The van der Waals surface area contributed by atoms with E-state index in [1.807, 2.05) is 49.7 Å². The van der Waals surface area contributed by atoms with Crippen LogP contribution in [-0.2, 0) is 11.3 Å². The third-order valence-electron chi connectivity index (χ3n) is 7.42. The minimum Gasteiger partial charge on any atom is -0.372 e. The predicted octanol–water partition coefficient (Wildman–Crippen LogP) is 6.36. The summed E-state index contributed by atoms with van der Waals surface area (Å²) in [5.74, 6) is 0.200. The standard InChI is InChI=1S/C30H35F2N7O/c1-6-10-30(7-2)18-38(11-12-40-30)17-21-8-9-26(33-15-21)36-29-34-16-24(32)27(37-29)22-13-23(31)28-25(14-22)39(19(3)4)20(5)35-28/h6,8-9,13-16,19H,1,7,10-12,17-18H2,2-5H3,(H,33,34,36,37). The Morgan fingerprint density at radius 1 is 1.15 bits per heavy atom. The maximum absolute atomic E-state index is 15.0. The zero-order chi connectivity index (χ0) is 28.4. The maximum Gasteiger partial charge on any atom is 0.229 e. The molecule has 1 N–H and O–H groups in total. The molecule has 1 saturated heterocycles. The van der Waals surface area contributed by atoms with E-state index in [4.69, 9.17) is 4.74 Å². The van der Waals surface area contributed by atoms with Crippen LogP contribution in [0.5, 0.6) is 0 Å². The number of imidazole rings is 1. The summed E-state index contributed by atoms with van der Waals surface area (Å²) in [7, 11) is 0. The number of fused-ring (bicyclic) bond motifs is 1. The number of rotatable bonds is 9. The molecule has 8 nitrogen and oxygen atoms in total. The van der Waals surface area contributed by atoms with Gasteiger partial charge in [0.2, 0.25) is 5.95 Å². The van der Waals surface area contributed by atoms with Crippen LogP contribution in [0.3, 0.4) is 0 Å². The SMILES string of the molecule is C=CCC1(CC)CN(Cc2ccc(Nc3ncc(F)c(-c4cc(F)c5nc(C)n(C(C)C)c5c4)n3)nc2)CCO1. The summed E-state index contributed by atoms with van der Waals surface area (Å²) in [4.78, 5) is 19.7. The second-order valence-corrected chi connectivity index (χ2v) is 10.6. The molecule has 1 fully saturated rings. The Hall–Kier alpha value is -3.76. The van der Waals surface area contributed by atoms with Gasteiger partial charge in [0, 0.05) is 37.4 Å². The first kappa shape index (κ1) is 27.8. The van der Waals surface area contributed by atoms with Gasteiger partial charge in [-0.25, -0.2) is 28.7 Å². The van der Waals surface area contributed by atoms with Crippen molar-refractivity contribution in [2.45, 2.75) is 58.7 Å². The van der Waals surface area contributed by atoms with Crippen molar-refractivity contribution in [1.29, 1.82) is 0 Å². The molecule has 1 aliphatic rings. The van der Waals surface area contributed by atoms with Crippen molar-refractivity contribution < 1.29 is 13.5 Å². The number of hydrogen-bond acceptors (Lipinski definition) is 7. The fourth-order valence-corrected chi connectivity index (χ4v) is 5.46. The quantitative estimate of drug-likeness (QED) is 0.244. The van der Waals surface area contributed by atoms with Gasteiger partial charge in [-0.05, 0) is 57.4 Å². The van der Waals surface area contributed by atoms with Crippen molar-refractivity contribution >= 4 is 22.8 Å². The molecule has 0 bridgehead atoms. The Morgan fingerprint density at radius 2 is 1.98 bits per heavy atom. The van der Waals surface area contributed by atoms with E-state index in [1.54, 1.807) is 6.07 Å². The van der Waals surface area contributed by atoms with Gasteiger partial charge in [-0.2, -0.15) is 0 Å². The van der Waals surface area contributed by atoms with Crippen molar-refractivity contribution in [1.82, 2.24) is 29.4 Å². The van der Waals surface area contributed by atoms with Crippen LogP contribution in [-0.4, -0.2) is 54.7 Å². The molecule has 5 rings (SSSR count). The summed E-state index contributed by atoms with van der Waals surface area (Å²) in [5.41, 5.74) is 2.03. The van der Waals surface area contributed by atoms with E-state index < -0.39 is 11.6 Å². The normalized spacial score (nSPS) is 18.0. The zero-order valence-corrected chi connectivity index (χ0v) is 23.4. The average molecular weight is 548 g/mol. The molecule has 0 aliphatic carbocycles. The van der Waals surface area contributed by atoms with Crippen LogP contribution in [0.4, 0.5) is 20.5 Å². The van der Waals surface area contributed by atoms with Crippen LogP contribution in [0.2, 0.25) is 0 Å². The molecule has 1 aromatic carbocycles. The molecule has 1 unspecified atom stereocenters. The Bertz CT molecular complexity index is 1520. The summed E-state index contributed by atoms with van der Waals surface area (Å²) in [6.45, 7) is 15.0. The third kappa shape index (κ3) is 5.59. The summed E-state index contributed by atoms with van der Waals surface area (Å²) in [5, 5.41) is 3.04. The van der Waals surface area contributed by atoms with Gasteiger partial charge in [-0.1, -0.05) is 19.1 Å². The molecule has 4 heterocycles. The van der Waals surface area contributed by atoms with Gasteiger partial charge in [-0.3, -0.25) is 4.90 Å². The number of pyridine rings is 1.